The number of amides is 1. The van der Waals surface area contributed by atoms with Crippen molar-refractivity contribution in [2.45, 2.75) is 17.5 Å². The lowest BCUT2D eigenvalue weighted by molar-refractivity contribution is -0.0882. The lowest BCUT2D eigenvalue weighted by Gasteiger charge is -2.20. The number of rotatable bonds is 3. The fourth-order valence-corrected chi connectivity index (χ4v) is 4.59. The molecule has 0 spiro atoms. The fourth-order valence-electron chi connectivity index (χ4n) is 3.94. The second kappa shape index (κ2) is 8.30. The summed E-state index contributed by atoms with van der Waals surface area (Å²) in [5.41, 5.74) is 1.06. The summed E-state index contributed by atoms with van der Waals surface area (Å²) >= 11 is 0. The molecular formula is C24H19F4NO3S. The van der Waals surface area contributed by atoms with Crippen molar-refractivity contribution in [3.63, 3.8) is 0 Å². The van der Waals surface area contributed by atoms with E-state index in [1.807, 2.05) is 0 Å². The Morgan fingerprint density at radius 1 is 1.06 bits per heavy atom. The molecule has 1 aliphatic heterocycles. The highest BCUT2D eigenvalue weighted by Gasteiger charge is 2.35. The summed E-state index contributed by atoms with van der Waals surface area (Å²) < 4.78 is 77.7. The summed E-state index contributed by atoms with van der Waals surface area (Å²) in [5.74, 6) is -1.07. The van der Waals surface area contributed by atoms with E-state index in [1.54, 1.807) is 6.07 Å². The third-order valence-electron chi connectivity index (χ3n) is 5.59. The van der Waals surface area contributed by atoms with Crippen molar-refractivity contribution < 1.29 is 30.8 Å². The molecule has 4 nitrogen and oxygen atoms in total. The van der Waals surface area contributed by atoms with Gasteiger partial charge in [-0.3, -0.25) is 4.79 Å². The number of benzene rings is 2. The molecule has 0 atom stereocenters. The van der Waals surface area contributed by atoms with E-state index in [4.69, 9.17) is 0 Å². The van der Waals surface area contributed by atoms with Gasteiger partial charge in [-0.1, -0.05) is 30.4 Å². The molecule has 2 aromatic rings. The van der Waals surface area contributed by atoms with E-state index in [-0.39, 0.29) is 30.0 Å². The van der Waals surface area contributed by atoms with Gasteiger partial charge in [0, 0.05) is 24.9 Å². The van der Waals surface area contributed by atoms with Crippen LogP contribution >= 0.6 is 0 Å². The fraction of sp³-hybridized carbons (Fsp3) is 0.208. The van der Waals surface area contributed by atoms with Crippen LogP contribution in [0.15, 0.2) is 82.3 Å². The van der Waals surface area contributed by atoms with Gasteiger partial charge in [-0.15, -0.1) is 0 Å². The molecule has 0 aromatic heterocycles. The van der Waals surface area contributed by atoms with E-state index < -0.39 is 33.3 Å². The average Bonchev–Trinajstić information content (AvgIpc) is 3.02. The Morgan fingerprint density at radius 3 is 2.48 bits per heavy atom. The number of hydrogen-bond donors (Lipinski definition) is 0. The lowest BCUT2D eigenvalue weighted by atomic mass is 9.98. The monoisotopic (exact) mass is 477 g/mol. The summed E-state index contributed by atoms with van der Waals surface area (Å²) in [6.45, 7) is 0.0763. The van der Waals surface area contributed by atoms with Crippen LogP contribution in [0.2, 0.25) is 0 Å². The number of halogens is 4. The molecule has 1 amide bonds. The number of sulfone groups is 1. The molecule has 2 aliphatic rings. The molecule has 0 saturated heterocycles. The van der Waals surface area contributed by atoms with E-state index >= 15 is 0 Å². The molecule has 0 radical (unpaired) electrons. The van der Waals surface area contributed by atoms with Crippen LogP contribution < -0.4 is 0 Å². The normalized spacial score (nSPS) is 16.5. The van der Waals surface area contributed by atoms with E-state index in [1.165, 1.54) is 47.4 Å². The average molecular weight is 477 g/mol. The zero-order valence-electron chi connectivity index (χ0n) is 17.5. The summed E-state index contributed by atoms with van der Waals surface area (Å²) in [4.78, 5) is 14.8. The van der Waals surface area contributed by atoms with Gasteiger partial charge in [-0.05, 0) is 59.0 Å². The third kappa shape index (κ3) is 4.78. The van der Waals surface area contributed by atoms with Crippen LogP contribution in [0.25, 0.3) is 11.1 Å². The quantitative estimate of drug-likeness (QED) is 0.579. The van der Waals surface area contributed by atoms with E-state index in [0.29, 0.717) is 22.3 Å². The molecule has 0 N–H and O–H groups in total. The van der Waals surface area contributed by atoms with Crippen molar-refractivity contribution in [3.8, 4) is 11.1 Å². The zero-order valence-corrected chi connectivity index (χ0v) is 18.3. The van der Waals surface area contributed by atoms with Gasteiger partial charge in [0.25, 0.3) is 5.91 Å². The zero-order chi connectivity index (χ0) is 24.0. The summed E-state index contributed by atoms with van der Waals surface area (Å²) in [5, 5.41) is 0. The first-order chi connectivity index (χ1) is 15.4. The van der Waals surface area contributed by atoms with Gasteiger partial charge in [0.05, 0.1) is 10.5 Å². The first-order valence-corrected chi connectivity index (χ1v) is 11.9. The number of nitrogens with zero attached hydrogens (tertiary/aromatic N) is 1. The maximum Gasteiger partial charge on any atom is 0.416 e. The lowest BCUT2D eigenvalue weighted by Crippen LogP contribution is -2.30. The van der Waals surface area contributed by atoms with Gasteiger partial charge in [0.2, 0.25) is 0 Å². The van der Waals surface area contributed by atoms with E-state index in [9.17, 15) is 30.8 Å². The molecule has 9 heteroatoms. The van der Waals surface area contributed by atoms with Crippen LogP contribution in [0.5, 0.6) is 0 Å². The van der Waals surface area contributed by atoms with Crippen LogP contribution in [0.3, 0.4) is 0 Å². The summed E-state index contributed by atoms with van der Waals surface area (Å²) in [7, 11) is -3.64. The molecule has 0 unspecified atom stereocenters. The van der Waals surface area contributed by atoms with Crippen molar-refractivity contribution in [2.75, 3.05) is 19.3 Å². The van der Waals surface area contributed by atoms with Gasteiger partial charge in [-0.25, -0.2) is 12.8 Å². The van der Waals surface area contributed by atoms with Crippen LogP contribution in [0, 0.1) is 5.82 Å². The van der Waals surface area contributed by atoms with E-state index in [0.717, 1.165) is 18.4 Å². The highest BCUT2D eigenvalue weighted by Crippen LogP contribution is 2.35. The van der Waals surface area contributed by atoms with Crippen LogP contribution in [-0.2, 0) is 9.84 Å². The molecule has 172 valence electrons. The van der Waals surface area contributed by atoms with Crippen molar-refractivity contribution >= 4 is 15.7 Å². The number of carbonyl (C=O) groups is 1. The minimum atomic E-state index is -4.51. The minimum absolute atomic E-state index is 0.0387. The standard InChI is InChI=1S/C24H19F4NO3S/c1-33(31,32)20-8-9-21(15-4-3-7-19(25)11-15)22(12-20)23(30)29-13-16-5-2-6-18(24(26,27)28)10-17(16)14-29/h2-4,6-12H,5,13-14H2,1H3. The molecule has 0 bridgehead atoms. The van der Waals surface area contributed by atoms with Crippen molar-refractivity contribution in [1.29, 1.82) is 0 Å². The number of carbonyl (C=O) groups excluding carboxylic acids is 1. The molecular weight excluding hydrogens is 458 g/mol. The molecule has 4 rings (SSSR count). The van der Waals surface area contributed by atoms with E-state index in [2.05, 4.69) is 0 Å². The second-order valence-corrected chi connectivity index (χ2v) is 10.00. The largest absolute Gasteiger partial charge is 0.416 e. The third-order valence-corrected chi connectivity index (χ3v) is 6.70. The highest BCUT2D eigenvalue weighted by molar-refractivity contribution is 7.90. The van der Waals surface area contributed by atoms with Gasteiger partial charge >= 0.3 is 6.18 Å². The molecule has 1 heterocycles. The Kier molecular flexibility index (Phi) is 5.78. The van der Waals surface area contributed by atoms with Crippen LogP contribution in [0.1, 0.15) is 16.8 Å². The van der Waals surface area contributed by atoms with Crippen molar-refractivity contribution in [1.82, 2.24) is 4.90 Å². The van der Waals surface area contributed by atoms with Gasteiger partial charge in [-0.2, -0.15) is 13.2 Å². The Balaban J connectivity index is 1.73. The minimum Gasteiger partial charge on any atom is -0.330 e. The number of hydrogen-bond acceptors (Lipinski definition) is 3. The number of allylic oxidation sites excluding steroid dienone is 3. The first kappa shape index (κ1) is 23.0. The van der Waals surface area contributed by atoms with Crippen molar-refractivity contribution in [3.05, 3.63) is 88.8 Å². The maximum atomic E-state index is 13.8. The molecule has 1 aliphatic carbocycles. The highest BCUT2D eigenvalue weighted by atomic mass is 32.2. The van der Waals surface area contributed by atoms with Crippen molar-refractivity contribution in [2.24, 2.45) is 0 Å². The van der Waals surface area contributed by atoms with Gasteiger partial charge in [0.15, 0.2) is 9.84 Å². The van der Waals surface area contributed by atoms with Gasteiger partial charge in [0.1, 0.15) is 5.82 Å². The Bertz CT molecular complexity index is 1340. The summed E-state index contributed by atoms with van der Waals surface area (Å²) in [6, 6.07) is 9.55. The molecule has 0 fully saturated rings. The Labute approximate surface area is 188 Å². The predicted molar refractivity (Wildman–Crippen MR) is 116 cm³/mol. The Morgan fingerprint density at radius 2 is 1.82 bits per heavy atom. The predicted octanol–water partition coefficient (Wildman–Crippen LogP) is 5.10. The maximum absolute atomic E-state index is 13.8. The molecule has 2 aromatic carbocycles. The topological polar surface area (TPSA) is 54.5 Å². The smallest absolute Gasteiger partial charge is 0.330 e. The molecule has 33 heavy (non-hydrogen) atoms. The van der Waals surface area contributed by atoms with Gasteiger partial charge < -0.3 is 4.90 Å². The second-order valence-electron chi connectivity index (χ2n) is 7.98. The summed E-state index contributed by atoms with van der Waals surface area (Å²) in [6.07, 6.45) is 0.265. The molecule has 0 saturated carbocycles. The number of alkyl halides is 3. The first-order valence-electron chi connectivity index (χ1n) is 9.99. The van der Waals surface area contributed by atoms with Crippen LogP contribution in [-0.4, -0.2) is 44.7 Å². The van der Waals surface area contributed by atoms with Crippen LogP contribution in [0.4, 0.5) is 17.6 Å². The Hall–Kier alpha value is -3.20. The SMILES string of the molecule is CS(=O)(=O)c1ccc(-c2cccc(F)c2)c(C(=O)N2CC3=C(CC=CC(C(F)(F)F)=C3)C2)c1.